The molecule has 8 heteroatoms. The molecule has 1 aliphatic rings. The lowest BCUT2D eigenvalue weighted by atomic mass is 10.1. The van der Waals surface area contributed by atoms with Crippen molar-refractivity contribution in [3.8, 4) is 11.1 Å². The maximum Gasteiger partial charge on any atom is 0.243 e. The predicted octanol–water partition coefficient (Wildman–Crippen LogP) is 4.63. The highest BCUT2D eigenvalue weighted by atomic mass is 35.5. The van der Waals surface area contributed by atoms with Crippen LogP contribution in [0.25, 0.3) is 11.1 Å². The molecule has 0 N–H and O–H groups in total. The van der Waals surface area contributed by atoms with Gasteiger partial charge in [0.2, 0.25) is 10.0 Å². The molecule has 4 rings (SSSR count). The molecule has 0 bridgehead atoms. The topological polar surface area (TPSA) is 71.5 Å². The SMILES string of the molecule is O=S(=O)(CC1CCCN1S(=O)(=O)c1cccc(-c2ccc(Cl)cc2)c1)c1ccccc1. The lowest BCUT2D eigenvalue weighted by Gasteiger charge is -2.24. The molecule has 1 saturated heterocycles. The molecule has 0 amide bonds. The summed E-state index contributed by atoms with van der Waals surface area (Å²) in [7, 11) is -7.43. The first-order valence-electron chi connectivity index (χ1n) is 9.93. The van der Waals surface area contributed by atoms with Crippen LogP contribution in [0.4, 0.5) is 0 Å². The summed E-state index contributed by atoms with van der Waals surface area (Å²) in [6.07, 6.45) is 1.15. The standard InChI is InChI=1S/C23H22ClNO4S2/c24-20-13-11-18(12-14-20)19-6-4-10-23(16-19)31(28,29)25-15-5-7-21(25)17-30(26,27)22-8-2-1-3-9-22/h1-4,6,8-14,16,21H,5,7,15,17H2. The fourth-order valence-corrected chi connectivity index (χ4v) is 7.46. The summed E-state index contributed by atoms with van der Waals surface area (Å²) in [6.45, 7) is 0.308. The number of sulfone groups is 1. The third-order valence-corrected chi connectivity index (χ3v) is 9.47. The van der Waals surface area contributed by atoms with E-state index in [2.05, 4.69) is 0 Å². The van der Waals surface area contributed by atoms with E-state index in [0.717, 1.165) is 11.1 Å². The summed E-state index contributed by atoms with van der Waals surface area (Å²) in [5.41, 5.74) is 1.61. The van der Waals surface area contributed by atoms with Crippen LogP contribution in [0.1, 0.15) is 12.8 Å². The maximum atomic E-state index is 13.4. The van der Waals surface area contributed by atoms with Gasteiger partial charge in [0.05, 0.1) is 15.5 Å². The van der Waals surface area contributed by atoms with Gasteiger partial charge in [-0.1, -0.05) is 54.1 Å². The zero-order chi connectivity index (χ0) is 22.1. The predicted molar refractivity (Wildman–Crippen MR) is 122 cm³/mol. The monoisotopic (exact) mass is 475 g/mol. The van der Waals surface area contributed by atoms with Crippen LogP contribution < -0.4 is 0 Å². The second-order valence-electron chi connectivity index (χ2n) is 7.54. The highest BCUT2D eigenvalue weighted by molar-refractivity contribution is 7.91. The van der Waals surface area contributed by atoms with Crippen LogP contribution in [0.15, 0.2) is 88.7 Å². The summed E-state index contributed by atoms with van der Waals surface area (Å²) < 4.78 is 53.8. The minimum atomic E-state index is -3.84. The van der Waals surface area contributed by atoms with Crippen LogP contribution in [-0.2, 0) is 19.9 Å². The fourth-order valence-electron chi connectivity index (χ4n) is 3.88. The largest absolute Gasteiger partial charge is 0.243 e. The highest BCUT2D eigenvalue weighted by Gasteiger charge is 2.38. The third kappa shape index (κ3) is 4.70. The molecule has 1 unspecified atom stereocenters. The van der Waals surface area contributed by atoms with Gasteiger partial charge in [0, 0.05) is 17.6 Å². The van der Waals surface area contributed by atoms with Gasteiger partial charge in [0.15, 0.2) is 9.84 Å². The van der Waals surface area contributed by atoms with Gasteiger partial charge in [-0.3, -0.25) is 0 Å². The highest BCUT2D eigenvalue weighted by Crippen LogP contribution is 2.30. The molecule has 31 heavy (non-hydrogen) atoms. The molecule has 1 atom stereocenters. The van der Waals surface area contributed by atoms with Gasteiger partial charge in [-0.05, 0) is 60.4 Å². The number of nitrogens with zero attached hydrogens (tertiary/aromatic N) is 1. The molecule has 1 heterocycles. The van der Waals surface area contributed by atoms with Gasteiger partial charge in [0.25, 0.3) is 0 Å². The van der Waals surface area contributed by atoms with E-state index in [4.69, 9.17) is 11.6 Å². The van der Waals surface area contributed by atoms with Gasteiger partial charge < -0.3 is 0 Å². The van der Waals surface area contributed by atoms with Crippen LogP contribution >= 0.6 is 11.6 Å². The molecule has 5 nitrogen and oxygen atoms in total. The molecular weight excluding hydrogens is 454 g/mol. The van der Waals surface area contributed by atoms with E-state index in [0.29, 0.717) is 24.4 Å². The summed E-state index contributed by atoms with van der Waals surface area (Å²) >= 11 is 5.95. The molecule has 0 spiro atoms. The third-order valence-electron chi connectivity index (χ3n) is 5.46. The Bertz CT molecular complexity index is 1270. The van der Waals surface area contributed by atoms with Crippen molar-refractivity contribution in [3.63, 3.8) is 0 Å². The van der Waals surface area contributed by atoms with Crippen molar-refractivity contribution in [1.82, 2.24) is 4.31 Å². The second kappa shape index (κ2) is 8.74. The van der Waals surface area contributed by atoms with Crippen molar-refractivity contribution in [2.75, 3.05) is 12.3 Å². The average molecular weight is 476 g/mol. The molecule has 0 saturated carbocycles. The fraction of sp³-hybridized carbons (Fsp3) is 0.217. The van der Waals surface area contributed by atoms with Crippen molar-refractivity contribution in [1.29, 1.82) is 0 Å². The van der Waals surface area contributed by atoms with Crippen molar-refractivity contribution in [2.24, 2.45) is 0 Å². The number of benzene rings is 3. The molecule has 3 aromatic carbocycles. The van der Waals surface area contributed by atoms with Crippen LogP contribution in [0.5, 0.6) is 0 Å². The summed E-state index contributed by atoms with van der Waals surface area (Å²) in [4.78, 5) is 0.368. The Morgan fingerprint density at radius 1 is 0.806 bits per heavy atom. The first-order chi connectivity index (χ1) is 14.8. The number of sulfonamides is 1. The minimum Gasteiger partial charge on any atom is -0.224 e. The zero-order valence-corrected chi connectivity index (χ0v) is 19.1. The van der Waals surface area contributed by atoms with E-state index in [1.54, 1.807) is 60.7 Å². The quantitative estimate of drug-likeness (QED) is 0.521. The molecule has 0 aliphatic carbocycles. The van der Waals surface area contributed by atoms with Crippen molar-refractivity contribution in [3.05, 3.63) is 83.9 Å². The minimum absolute atomic E-state index is 0.156. The second-order valence-corrected chi connectivity index (χ2v) is 11.9. The zero-order valence-electron chi connectivity index (χ0n) is 16.7. The summed E-state index contributed by atoms with van der Waals surface area (Å²) in [6, 6.07) is 21.5. The molecular formula is C23H22ClNO4S2. The summed E-state index contributed by atoms with van der Waals surface area (Å²) in [5, 5.41) is 0.604. The van der Waals surface area contributed by atoms with Crippen LogP contribution in [-0.4, -0.2) is 39.5 Å². The van der Waals surface area contributed by atoms with Gasteiger partial charge >= 0.3 is 0 Å². The Kier molecular flexibility index (Phi) is 6.21. The Morgan fingerprint density at radius 3 is 2.19 bits per heavy atom. The molecule has 0 radical (unpaired) electrons. The average Bonchev–Trinajstić information content (AvgIpc) is 3.23. The Labute approximate surface area is 188 Å². The molecule has 3 aromatic rings. The maximum absolute atomic E-state index is 13.4. The van der Waals surface area contributed by atoms with Gasteiger partial charge in [-0.25, -0.2) is 16.8 Å². The van der Waals surface area contributed by atoms with Crippen LogP contribution in [0.2, 0.25) is 5.02 Å². The van der Waals surface area contributed by atoms with Crippen molar-refractivity contribution >= 4 is 31.5 Å². The number of halogens is 1. The van der Waals surface area contributed by atoms with Crippen LogP contribution in [0.3, 0.4) is 0 Å². The Balaban J connectivity index is 1.62. The first-order valence-corrected chi connectivity index (χ1v) is 13.4. The van der Waals surface area contributed by atoms with Crippen molar-refractivity contribution in [2.45, 2.75) is 28.7 Å². The van der Waals surface area contributed by atoms with E-state index in [9.17, 15) is 16.8 Å². The van der Waals surface area contributed by atoms with Gasteiger partial charge in [0.1, 0.15) is 0 Å². The number of hydrogen-bond acceptors (Lipinski definition) is 4. The Morgan fingerprint density at radius 2 is 1.48 bits per heavy atom. The normalized spacial score (nSPS) is 17.6. The lowest BCUT2D eigenvalue weighted by molar-refractivity contribution is 0.408. The molecule has 162 valence electrons. The van der Waals surface area contributed by atoms with E-state index >= 15 is 0 Å². The van der Waals surface area contributed by atoms with E-state index in [1.807, 2.05) is 18.2 Å². The van der Waals surface area contributed by atoms with Crippen molar-refractivity contribution < 1.29 is 16.8 Å². The lowest BCUT2D eigenvalue weighted by Crippen LogP contribution is -2.39. The van der Waals surface area contributed by atoms with E-state index in [-0.39, 0.29) is 15.5 Å². The van der Waals surface area contributed by atoms with Gasteiger partial charge in [-0.2, -0.15) is 4.31 Å². The molecule has 1 aliphatic heterocycles. The number of hydrogen-bond donors (Lipinski definition) is 0. The van der Waals surface area contributed by atoms with E-state index < -0.39 is 25.9 Å². The first kappa shape index (κ1) is 22.0. The van der Waals surface area contributed by atoms with Gasteiger partial charge in [-0.15, -0.1) is 0 Å². The van der Waals surface area contributed by atoms with E-state index in [1.165, 1.54) is 4.31 Å². The molecule has 1 fully saturated rings. The Hall–Kier alpha value is -2.19. The summed E-state index contributed by atoms with van der Waals surface area (Å²) in [5.74, 6) is -0.229. The smallest absolute Gasteiger partial charge is 0.224 e. The molecule has 0 aromatic heterocycles. The van der Waals surface area contributed by atoms with Crippen LogP contribution in [0, 0.1) is 0 Å². The number of rotatable bonds is 6.